The molecule has 1 aliphatic rings. The van der Waals surface area contributed by atoms with Gasteiger partial charge in [-0.1, -0.05) is 0 Å². The summed E-state index contributed by atoms with van der Waals surface area (Å²) in [6.45, 7) is 0. The molecule has 1 aliphatic heterocycles. The van der Waals surface area contributed by atoms with Crippen LogP contribution in [-0.4, -0.2) is 65.6 Å². The Morgan fingerprint density at radius 1 is 1.36 bits per heavy atom. The first kappa shape index (κ1) is 19.7. The molecule has 1 saturated heterocycles. The molecule has 0 spiro atoms. The molecule has 0 bridgehead atoms. The number of ether oxygens (including phenoxy) is 1. The van der Waals surface area contributed by atoms with Crippen LogP contribution in [0.25, 0.3) is 0 Å². The second kappa shape index (κ2) is 5.98. The molecule has 11 nitrogen and oxygen atoms in total. The molecule has 2 heterocycles. The Morgan fingerprint density at radius 2 is 1.92 bits per heavy atom. The molecule has 1 fully saturated rings. The molecule has 14 heteroatoms. The van der Waals surface area contributed by atoms with Crippen LogP contribution in [0.5, 0.6) is 0 Å². The number of nitrogens with one attached hydrogen (secondary N) is 1. The lowest BCUT2D eigenvalue weighted by Gasteiger charge is -2.28. The zero-order chi connectivity index (χ0) is 19.4. The summed E-state index contributed by atoms with van der Waals surface area (Å²) < 4.78 is 65.8. The van der Waals surface area contributed by atoms with Crippen molar-refractivity contribution in [3.63, 3.8) is 0 Å². The molecule has 25 heavy (non-hydrogen) atoms. The van der Waals surface area contributed by atoms with E-state index >= 15 is 0 Å². The molecule has 0 aliphatic carbocycles. The van der Waals surface area contributed by atoms with Crippen molar-refractivity contribution in [3.8, 4) is 0 Å². The van der Waals surface area contributed by atoms with Crippen molar-refractivity contribution in [1.82, 2.24) is 9.55 Å². The van der Waals surface area contributed by atoms with Crippen LogP contribution in [-0.2, 0) is 24.4 Å². The van der Waals surface area contributed by atoms with Gasteiger partial charge in [0.25, 0.3) is 5.56 Å². The quantitative estimate of drug-likeness (QED) is 0.476. The van der Waals surface area contributed by atoms with Crippen molar-refractivity contribution >= 4 is 19.7 Å². The fourth-order valence-corrected chi connectivity index (χ4v) is 4.28. The first-order chi connectivity index (χ1) is 11.2. The second-order valence-electron chi connectivity index (χ2n) is 5.70. The number of halogens is 1. The van der Waals surface area contributed by atoms with Crippen molar-refractivity contribution in [2.24, 2.45) is 0 Å². The molecule has 3 N–H and O–H groups in total. The zero-order valence-electron chi connectivity index (χ0n) is 12.9. The van der Waals surface area contributed by atoms with Gasteiger partial charge in [-0.25, -0.2) is 21.6 Å². The van der Waals surface area contributed by atoms with Gasteiger partial charge in [-0.3, -0.25) is 14.3 Å². The van der Waals surface area contributed by atoms with E-state index in [4.69, 9.17) is 4.74 Å². The summed E-state index contributed by atoms with van der Waals surface area (Å²) >= 11 is 0. The Hall–Kier alpha value is -1.61. The van der Waals surface area contributed by atoms with Gasteiger partial charge in [0, 0.05) is 18.9 Å². The van der Waals surface area contributed by atoms with E-state index in [1.165, 1.54) is 0 Å². The van der Waals surface area contributed by atoms with Crippen LogP contribution in [0.3, 0.4) is 0 Å². The average Bonchev–Trinajstić information content (AvgIpc) is 2.79. The number of rotatable bonds is 4. The first-order valence-electron chi connectivity index (χ1n) is 6.64. The largest absolute Gasteiger partial charge is 0.375 e. The van der Waals surface area contributed by atoms with E-state index < -0.39 is 65.9 Å². The third-order valence-corrected chi connectivity index (χ3v) is 6.60. The number of sulfone groups is 2. The smallest absolute Gasteiger partial charge is 0.330 e. The Morgan fingerprint density at radius 3 is 2.40 bits per heavy atom. The molecule has 1 unspecified atom stereocenters. The van der Waals surface area contributed by atoms with E-state index in [1.807, 2.05) is 0 Å². The van der Waals surface area contributed by atoms with Gasteiger partial charge in [-0.05, 0) is 0 Å². The third-order valence-electron chi connectivity index (χ3n) is 3.79. The number of aliphatic hydroxyl groups is 2. The zero-order valence-corrected chi connectivity index (χ0v) is 14.5. The number of aromatic nitrogens is 2. The van der Waals surface area contributed by atoms with Gasteiger partial charge in [0.2, 0.25) is 5.82 Å². The Kier molecular flexibility index (Phi) is 4.71. The van der Waals surface area contributed by atoms with Crippen LogP contribution in [0.1, 0.15) is 12.6 Å². The van der Waals surface area contributed by atoms with Gasteiger partial charge in [-0.2, -0.15) is 4.39 Å². The predicted molar refractivity (Wildman–Crippen MR) is 80.5 cm³/mol. The van der Waals surface area contributed by atoms with Crippen molar-refractivity contribution in [2.75, 3.05) is 12.5 Å². The molecule has 142 valence electrons. The Labute approximate surface area is 140 Å². The molecule has 4 atom stereocenters. The maximum atomic E-state index is 13.4. The topological polar surface area (TPSA) is 173 Å². The van der Waals surface area contributed by atoms with E-state index in [1.54, 1.807) is 4.98 Å². The molecular weight excluding hydrogens is 387 g/mol. The lowest BCUT2D eigenvalue weighted by molar-refractivity contribution is -0.0685. The minimum absolute atomic E-state index is 0.420. The Bertz CT molecular complexity index is 1010. The van der Waals surface area contributed by atoms with E-state index in [2.05, 4.69) is 0 Å². The molecule has 1 aromatic heterocycles. The van der Waals surface area contributed by atoms with Crippen LogP contribution < -0.4 is 11.2 Å². The highest BCUT2D eigenvalue weighted by Crippen LogP contribution is 2.41. The fraction of sp³-hybridized carbons (Fsp3) is 0.636. The second-order valence-corrected chi connectivity index (χ2v) is 10.1. The fourth-order valence-electron chi connectivity index (χ4n) is 2.41. The highest BCUT2D eigenvalue weighted by Gasteiger charge is 2.59. The van der Waals surface area contributed by atoms with Crippen molar-refractivity contribution in [2.45, 2.75) is 29.1 Å². The lowest BCUT2D eigenvalue weighted by atomic mass is 10.1. The molecule has 0 radical (unpaired) electrons. The minimum Gasteiger partial charge on any atom is -0.375 e. The maximum absolute atomic E-state index is 13.4. The number of aromatic amines is 1. The summed E-state index contributed by atoms with van der Waals surface area (Å²) in [5.41, 5.74) is -4.94. The van der Waals surface area contributed by atoms with Crippen LogP contribution >= 0.6 is 0 Å². The van der Waals surface area contributed by atoms with E-state index in [9.17, 15) is 41.0 Å². The number of nitrogens with zero attached hydrogens (tertiary/aromatic N) is 1. The molecule has 0 aromatic carbocycles. The van der Waals surface area contributed by atoms with Crippen LogP contribution in [0.15, 0.2) is 15.8 Å². The average molecular weight is 402 g/mol. The van der Waals surface area contributed by atoms with Crippen molar-refractivity contribution in [1.29, 1.82) is 0 Å². The van der Waals surface area contributed by atoms with E-state index in [0.29, 0.717) is 23.3 Å². The number of hydrogen-bond donors (Lipinski definition) is 3. The number of aliphatic hydroxyl groups excluding tert-OH is 1. The molecule has 1 aromatic rings. The number of hydrogen-bond acceptors (Lipinski definition) is 9. The van der Waals surface area contributed by atoms with E-state index in [-0.39, 0.29) is 0 Å². The summed E-state index contributed by atoms with van der Waals surface area (Å²) in [5, 5.41) is 20.3. The monoisotopic (exact) mass is 402 g/mol. The van der Waals surface area contributed by atoms with Gasteiger partial charge in [0.1, 0.15) is 12.3 Å². The highest BCUT2D eigenvalue weighted by molar-refractivity contribution is 7.92. The standard InChI is InChI=1S/C11H15FN2O9S2/c1-24(19,20)9(16)7-11(18,25(2,21)22)3-6(23-7)14-4-5(12)8(15)13-10(14)17/h4,6-7,9,16,18H,3H2,1-2H3,(H,13,15,17)/t6-,7-,9?,11-/m1/s1. The summed E-state index contributed by atoms with van der Waals surface area (Å²) in [4.78, 5) is 21.6. The summed E-state index contributed by atoms with van der Waals surface area (Å²) in [6, 6.07) is 0. The van der Waals surface area contributed by atoms with Gasteiger partial charge < -0.3 is 14.9 Å². The van der Waals surface area contributed by atoms with Gasteiger partial charge >= 0.3 is 5.69 Å². The molecule has 0 amide bonds. The minimum atomic E-state index is -4.40. The van der Waals surface area contributed by atoms with Crippen molar-refractivity contribution in [3.05, 3.63) is 32.9 Å². The Balaban J connectivity index is 2.59. The van der Waals surface area contributed by atoms with Gasteiger partial charge in [-0.15, -0.1) is 0 Å². The maximum Gasteiger partial charge on any atom is 0.330 e. The van der Waals surface area contributed by atoms with Crippen LogP contribution in [0.2, 0.25) is 0 Å². The lowest BCUT2D eigenvalue weighted by Crippen LogP contribution is -2.53. The molecular formula is C11H15FN2O9S2. The normalized spacial score (nSPS) is 28.8. The third kappa shape index (κ3) is 3.39. The summed E-state index contributed by atoms with van der Waals surface area (Å²) in [5.74, 6) is -1.39. The highest BCUT2D eigenvalue weighted by atomic mass is 32.2. The van der Waals surface area contributed by atoms with E-state index in [0.717, 1.165) is 0 Å². The molecule has 2 rings (SSSR count). The summed E-state index contributed by atoms with van der Waals surface area (Å²) in [6.07, 6.45) is -3.11. The number of H-pyrrole nitrogens is 1. The van der Waals surface area contributed by atoms with Crippen molar-refractivity contribution < 1.29 is 36.2 Å². The van der Waals surface area contributed by atoms with Crippen LogP contribution in [0.4, 0.5) is 4.39 Å². The van der Waals surface area contributed by atoms with Gasteiger partial charge in [0.15, 0.2) is 30.0 Å². The first-order valence-corrected chi connectivity index (χ1v) is 10.5. The van der Waals surface area contributed by atoms with Gasteiger partial charge in [0.05, 0.1) is 6.20 Å². The van der Waals surface area contributed by atoms with Crippen LogP contribution in [0, 0.1) is 5.82 Å². The SMILES string of the molecule is CS(=O)(=O)C(O)[C@H]1O[C@@H](n2cc(F)c(=O)[nH]c2=O)C[C@@]1(O)S(C)(=O)=O. The molecule has 0 saturated carbocycles. The summed E-state index contributed by atoms with van der Waals surface area (Å²) in [7, 11) is -8.66. The predicted octanol–water partition coefficient (Wildman–Crippen LogP) is -2.94.